The summed E-state index contributed by atoms with van der Waals surface area (Å²) in [6.07, 6.45) is 2.30. The maximum absolute atomic E-state index is 11.7. The maximum atomic E-state index is 11.7. The predicted molar refractivity (Wildman–Crippen MR) is 62.2 cm³/mol. The quantitative estimate of drug-likeness (QED) is 0.696. The minimum atomic E-state index is -0.821. The molecule has 0 aromatic rings. The fourth-order valence-electron chi connectivity index (χ4n) is 1.61. The standard InChI is InChI=1S/C12H21NO3/c1-5-12(15)6-8-13(9-7-12)10(14)16-11(2,3)4/h5,15H,1,6-9H2,2-4H3. The average Bonchev–Trinajstić information content (AvgIpc) is 2.16. The zero-order valence-electron chi connectivity index (χ0n) is 10.3. The number of rotatable bonds is 1. The summed E-state index contributed by atoms with van der Waals surface area (Å²) in [7, 11) is 0. The van der Waals surface area contributed by atoms with E-state index < -0.39 is 11.2 Å². The van der Waals surface area contributed by atoms with Crippen molar-refractivity contribution in [3.05, 3.63) is 12.7 Å². The molecule has 0 saturated carbocycles. The predicted octanol–water partition coefficient (Wildman–Crippen LogP) is 1.93. The second kappa shape index (κ2) is 4.45. The van der Waals surface area contributed by atoms with Crippen molar-refractivity contribution < 1.29 is 14.6 Å². The fraction of sp³-hybridized carbons (Fsp3) is 0.750. The van der Waals surface area contributed by atoms with Crippen LogP contribution in [0.4, 0.5) is 4.79 Å². The number of nitrogens with zero attached hydrogens (tertiary/aromatic N) is 1. The van der Waals surface area contributed by atoms with Gasteiger partial charge in [-0.2, -0.15) is 0 Å². The van der Waals surface area contributed by atoms with Crippen LogP contribution in [-0.4, -0.2) is 40.4 Å². The van der Waals surface area contributed by atoms with Crippen molar-refractivity contribution in [2.45, 2.75) is 44.8 Å². The number of carbonyl (C=O) groups excluding carboxylic acids is 1. The molecule has 0 bridgehead atoms. The van der Waals surface area contributed by atoms with Crippen molar-refractivity contribution in [3.8, 4) is 0 Å². The summed E-state index contributed by atoms with van der Waals surface area (Å²) >= 11 is 0. The fourth-order valence-corrected chi connectivity index (χ4v) is 1.61. The third-order valence-electron chi connectivity index (χ3n) is 2.66. The Balaban J connectivity index is 2.48. The van der Waals surface area contributed by atoms with Crippen molar-refractivity contribution in [3.63, 3.8) is 0 Å². The van der Waals surface area contributed by atoms with Gasteiger partial charge in [-0.05, 0) is 33.6 Å². The molecule has 1 saturated heterocycles. The van der Waals surface area contributed by atoms with Crippen molar-refractivity contribution >= 4 is 6.09 Å². The van der Waals surface area contributed by atoms with Crippen molar-refractivity contribution in [2.24, 2.45) is 0 Å². The lowest BCUT2D eigenvalue weighted by molar-refractivity contribution is -0.00843. The number of ether oxygens (including phenoxy) is 1. The highest BCUT2D eigenvalue weighted by molar-refractivity contribution is 5.68. The minimum Gasteiger partial charge on any atom is -0.444 e. The molecule has 1 rings (SSSR count). The first-order chi connectivity index (χ1) is 7.26. The summed E-state index contributed by atoms with van der Waals surface area (Å²) in [6, 6.07) is 0. The van der Waals surface area contributed by atoms with Gasteiger partial charge in [0.2, 0.25) is 0 Å². The number of hydrogen-bond donors (Lipinski definition) is 1. The zero-order valence-corrected chi connectivity index (χ0v) is 10.3. The molecule has 1 aliphatic rings. The summed E-state index contributed by atoms with van der Waals surface area (Å²) in [4.78, 5) is 13.3. The van der Waals surface area contributed by atoms with E-state index in [0.717, 1.165) is 0 Å². The number of likely N-dealkylation sites (tertiary alicyclic amines) is 1. The number of amides is 1. The Morgan fingerprint density at radius 1 is 1.44 bits per heavy atom. The van der Waals surface area contributed by atoms with Crippen LogP contribution in [0.15, 0.2) is 12.7 Å². The second-order valence-corrected chi connectivity index (χ2v) is 5.28. The molecule has 1 fully saturated rings. The van der Waals surface area contributed by atoms with Crippen LogP contribution in [0.25, 0.3) is 0 Å². The third-order valence-corrected chi connectivity index (χ3v) is 2.66. The van der Waals surface area contributed by atoms with Gasteiger partial charge in [0.25, 0.3) is 0 Å². The van der Waals surface area contributed by atoms with Crippen LogP contribution < -0.4 is 0 Å². The Labute approximate surface area is 96.9 Å². The van der Waals surface area contributed by atoms with Crippen LogP contribution in [-0.2, 0) is 4.74 Å². The maximum Gasteiger partial charge on any atom is 0.410 e. The van der Waals surface area contributed by atoms with Crippen LogP contribution in [0.5, 0.6) is 0 Å². The summed E-state index contributed by atoms with van der Waals surface area (Å²) in [5.41, 5.74) is -1.29. The van der Waals surface area contributed by atoms with E-state index in [2.05, 4.69) is 6.58 Å². The number of carbonyl (C=O) groups is 1. The molecule has 1 heterocycles. The van der Waals surface area contributed by atoms with E-state index in [9.17, 15) is 9.90 Å². The van der Waals surface area contributed by atoms with Gasteiger partial charge in [0.15, 0.2) is 0 Å². The smallest absolute Gasteiger partial charge is 0.410 e. The Kier molecular flexibility index (Phi) is 3.63. The number of hydrogen-bond acceptors (Lipinski definition) is 3. The Bertz CT molecular complexity index is 272. The molecule has 1 amide bonds. The Morgan fingerprint density at radius 2 is 1.94 bits per heavy atom. The molecule has 0 aliphatic carbocycles. The van der Waals surface area contributed by atoms with E-state index in [0.29, 0.717) is 25.9 Å². The van der Waals surface area contributed by atoms with E-state index >= 15 is 0 Å². The first kappa shape index (κ1) is 13.0. The van der Waals surface area contributed by atoms with E-state index in [1.54, 1.807) is 11.0 Å². The summed E-state index contributed by atoms with van der Waals surface area (Å²) < 4.78 is 5.26. The van der Waals surface area contributed by atoms with Crippen LogP contribution >= 0.6 is 0 Å². The molecule has 16 heavy (non-hydrogen) atoms. The van der Waals surface area contributed by atoms with E-state index in [1.807, 2.05) is 20.8 Å². The largest absolute Gasteiger partial charge is 0.444 e. The Morgan fingerprint density at radius 3 is 2.31 bits per heavy atom. The van der Waals surface area contributed by atoms with Gasteiger partial charge in [0, 0.05) is 13.1 Å². The molecular formula is C12H21NO3. The molecule has 1 aliphatic heterocycles. The average molecular weight is 227 g/mol. The first-order valence-corrected chi connectivity index (χ1v) is 5.60. The minimum absolute atomic E-state index is 0.307. The first-order valence-electron chi connectivity index (χ1n) is 5.60. The molecule has 92 valence electrons. The third kappa shape index (κ3) is 3.52. The summed E-state index contributed by atoms with van der Waals surface area (Å²) in [5, 5.41) is 9.92. The lowest BCUT2D eigenvalue weighted by atomic mass is 9.92. The van der Waals surface area contributed by atoms with Crippen LogP contribution in [0.1, 0.15) is 33.6 Å². The van der Waals surface area contributed by atoms with E-state index in [-0.39, 0.29) is 6.09 Å². The molecule has 0 unspecified atom stereocenters. The lowest BCUT2D eigenvalue weighted by Crippen LogP contribution is -2.47. The SMILES string of the molecule is C=CC1(O)CCN(C(=O)OC(C)(C)C)CC1. The van der Waals surface area contributed by atoms with Gasteiger partial charge in [-0.25, -0.2) is 4.79 Å². The van der Waals surface area contributed by atoms with Crippen LogP contribution in [0, 0.1) is 0 Å². The molecule has 0 aromatic heterocycles. The van der Waals surface area contributed by atoms with Gasteiger partial charge in [0.05, 0.1) is 5.60 Å². The molecule has 0 radical (unpaired) electrons. The van der Waals surface area contributed by atoms with Gasteiger partial charge >= 0.3 is 6.09 Å². The molecule has 0 atom stereocenters. The van der Waals surface area contributed by atoms with Gasteiger partial charge in [-0.3, -0.25) is 0 Å². The summed E-state index contributed by atoms with van der Waals surface area (Å²) in [5.74, 6) is 0. The van der Waals surface area contributed by atoms with Gasteiger partial charge < -0.3 is 14.7 Å². The molecule has 4 nitrogen and oxygen atoms in total. The van der Waals surface area contributed by atoms with Gasteiger partial charge in [0.1, 0.15) is 5.60 Å². The van der Waals surface area contributed by atoms with Gasteiger partial charge in [-0.15, -0.1) is 6.58 Å². The van der Waals surface area contributed by atoms with E-state index in [4.69, 9.17) is 4.74 Å². The highest BCUT2D eigenvalue weighted by atomic mass is 16.6. The highest BCUT2D eigenvalue weighted by Crippen LogP contribution is 2.24. The lowest BCUT2D eigenvalue weighted by Gasteiger charge is -2.36. The van der Waals surface area contributed by atoms with Crippen molar-refractivity contribution in [1.29, 1.82) is 0 Å². The molecule has 0 spiro atoms. The molecule has 1 N–H and O–H groups in total. The van der Waals surface area contributed by atoms with Crippen LogP contribution in [0.2, 0.25) is 0 Å². The van der Waals surface area contributed by atoms with Crippen molar-refractivity contribution in [2.75, 3.05) is 13.1 Å². The van der Waals surface area contributed by atoms with Gasteiger partial charge in [-0.1, -0.05) is 6.08 Å². The topological polar surface area (TPSA) is 49.8 Å². The van der Waals surface area contributed by atoms with E-state index in [1.165, 1.54) is 0 Å². The number of aliphatic hydroxyl groups is 1. The number of piperidine rings is 1. The summed E-state index contributed by atoms with van der Waals surface area (Å²) in [6.45, 7) is 10.1. The molecule has 4 heteroatoms. The Hall–Kier alpha value is -1.03. The highest BCUT2D eigenvalue weighted by Gasteiger charge is 2.32. The van der Waals surface area contributed by atoms with Crippen molar-refractivity contribution in [1.82, 2.24) is 4.90 Å². The second-order valence-electron chi connectivity index (χ2n) is 5.28. The van der Waals surface area contributed by atoms with Crippen LogP contribution in [0.3, 0.4) is 0 Å². The monoisotopic (exact) mass is 227 g/mol. The zero-order chi connectivity index (χ0) is 12.4. The molecular weight excluding hydrogens is 206 g/mol. The normalized spacial score (nSPS) is 20.4. The molecule has 0 aromatic carbocycles.